The van der Waals surface area contributed by atoms with Gasteiger partial charge in [-0.15, -0.1) is 11.8 Å². The molecule has 2 saturated heterocycles. The Morgan fingerprint density at radius 1 is 1.48 bits per heavy atom. The highest BCUT2D eigenvalue weighted by Gasteiger charge is 2.55. The van der Waals surface area contributed by atoms with Gasteiger partial charge >= 0.3 is 5.97 Å². The highest BCUT2D eigenvalue weighted by molar-refractivity contribution is 8.00. The van der Waals surface area contributed by atoms with Gasteiger partial charge in [0, 0.05) is 30.9 Å². The number of nitrogens with two attached hydrogens (primary N) is 1. The lowest BCUT2D eigenvalue weighted by Crippen LogP contribution is -2.72. The summed E-state index contributed by atoms with van der Waals surface area (Å²) in [5.41, 5.74) is 4.85. The van der Waals surface area contributed by atoms with E-state index in [0.717, 1.165) is 0 Å². The number of carboxylic acid groups (broad SMARTS) is 1. The number of rotatable bonds is 4. The van der Waals surface area contributed by atoms with Crippen LogP contribution in [-0.2, 0) is 16.1 Å². The molecular formula is C14H18N3O3S+. The quantitative estimate of drug-likeness (QED) is 0.588. The van der Waals surface area contributed by atoms with Crippen molar-refractivity contribution in [3.63, 3.8) is 0 Å². The summed E-state index contributed by atoms with van der Waals surface area (Å²) in [7, 11) is 0. The molecule has 1 aromatic rings. The second kappa shape index (κ2) is 5.31. The second-order valence-electron chi connectivity index (χ2n) is 5.64. The number of carbonyl (C=O) groups is 2. The Hall–Kier alpha value is -1.60. The molecule has 0 bridgehead atoms. The lowest BCUT2D eigenvalue weighted by Gasteiger charge is -2.52. The summed E-state index contributed by atoms with van der Waals surface area (Å²) >= 11 is 1.49. The zero-order chi connectivity index (χ0) is 15.0. The molecule has 3 atom stereocenters. The number of aliphatic carboxylic acids is 1. The molecule has 21 heavy (non-hydrogen) atoms. The van der Waals surface area contributed by atoms with Gasteiger partial charge in [0.2, 0.25) is 5.91 Å². The molecule has 0 aromatic carbocycles. The maximum Gasteiger partial charge on any atom is 0.312 e. The first-order chi connectivity index (χ1) is 10.0. The van der Waals surface area contributed by atoms with Crippen LogP contribution in [0.3, 0.4) is 0 Å². The van der Waals surface area contributed by atoms with E-state index in [0.29, 0.717) is 18.7 Å². The van der Waals surface area contributed by atoms with Gasteiger partial charge in [-0.1, -0.05) is 6.07 Å². The minimum atomic E-state index is -0.889. The van der Waals surface area contributed by atoms with Gasteiger partial charge in [0.25, 0.3) is 0 Å². The number of aryl methyl sites for hydroxylation is 1. The smallest absolute Gasteiger partial charge is 0.312 e. The molecule has 112 valence electrons. The number of amides is 1. The average Bonchev–Trinajstić information content (AvgIpc) is 2.52. The standard InChI is InChI=1S/C14H17N3O3S/c15-10-11(18)17-8-14(13(19)20,9-21-12(10)17)4-7-16-5-2-1-3-6-16/h1-3,5-6,10,12H,4,7-9,15H2/p+1/t10?,12-,14?/m1/s1. The number of β-lactam (4-membered cyclic amide) rings is 1. The summed E-state index contributed by atoms with van der Waals surface area (Å²) in [5, 5.41) is 9.61. The molecule has 1 aromatic heterocycles. The number of pyridine rings is 1. The second-order valence-corrected chi connectivity index (χ2v) is 6.75. The highest BCUT2D eigenvalue weighted by Crippen LogP contribution is 2.43. The van der Waals surface area contributed by atoms with Gasteiger partial charge in [-0.2, -0.15) is 0 Å². The molecule has 2 aliphatic rings. The van der Waals surface area contributed by atoms with E-state index >= 15 is 0 Å². The van der Waals surface area contributed by atoms with Crippen molar-refractivity contribution in [1.82, 2.24) is 4.90 Å². The maximum absolute atomic E-state index is 11.8. The van der Waals surface area contributed by atoms with Crippen LogP contribution in [0.4, 0.5) is 0 Å². The van der Waals surface area contributed by atoms with Crippen LogP contribution in [0, 0.1) is 5.41 Å². The van der Waals surface area contributed by atoms with Crippen LogP contribution in [0.15, 0.2) is 30.6 Å². The molecule has 7 heteroatoms. The number of hydrogen-bond donors (Lipinski definition) is 2. The third-order valence-corrected chi connectivity index (χ3v) is 5.87. The van der Waals surface area contributed by atoms with Crippen LogP contribution >= 0.6 is 11.8 Å². The summed E-state index contributed by atoms with van der Waals surface area (Å²) in [6.45, 7) is 0.881. The van der Waals surface area contributed by atoms with Crippen LogP contribution in [0.25, 0.3) is 0 Å². The molecule has 3 N–H and O–H groups in total. The number of carbonyl (C=O) groups excluding carboxylic acids is 1. The van der Waals surface area contributed by atoms with Crippen LogP contribution in [-0.4, -0.2) is 45.6 Å². The third kappa shape index (κ3) is 2.40. The van der Waals surface area contributed by atoms with E-state index in [2.05, 4.69) is 0 Å². The summed E-state index contributed by atoms with van der Waals surface area (Å²) in [6, 6.07) is 5.28. The van der Waals surface area contributed by atoms with E-state index in [9.17, 15) is 14.7 Å². The fourth-order valence-electron chi connectivity index (χ4n) is 2.84. The topological polar surface area (TPSA) is 87.5 Å². The van der Waals surface area contributed by atoms with Gasteiger partial charge in [-0.05, 0) is 0 Å². The van der Waals surface area contributed by atoms with Crippen LogP contribution in [0.5, 0.6) is 0 Å². The summed E-state index contributed by atoms with van der Waals surface area (Å²) in [5.74, 6) is -0.471. The van der Waals surface area contributed by atoms with Crippen molar-refractivity contribution >= 4 is 23.6 Å². The number of fused-ring (bicyclic) bond motifs is 1. The molecule has 3 heterocycles. The lowest BCUT2D eigenvalue weighted by molar-refractivity contribution is -0.698. The van der Waals surface area contributed by atoms with Gasteiger partial charge in [-0.25, -0.2) is 4.57 Å². The molecule has 2 aliphatic heterocycles. The molecule has 1 amide bonds. The lowest BCUT2D eigenvalue weighted by atomic mass is 9.84. The van der Waals surface area contributed by atoms with Crippen LogP contribution in [0.2, 0.25) is 0 Å². The molecule has 0 aliphatic carbocycles. The molecule has 2 unspecified atom stereocenters. The zero-order valence-electron chi connectivity index (χ0n) is 11.5. The minimum absolute atomic E-state index is 0.0469. The van der Waals surface area contributed by atoms with Crippen molar-refractivity contribution in [1.29, 1.82) is 0 Å². The van der Waals surface area contributed by atoms with Crippen molar-refractivity contribution in [2.24, 2.45) is 11.1 Å². The van der Waals surface area contributed by atoms with Crippen molar-refractivity contribution in [2.45, 2.75) is 24.4 Å². The Morgan fingerprint density at radius 2 is 2.19 bits per heavy atom. The Balaban J connectivity index is 1.72. The molecule has 6 nitrogen and oxygen atoms in total. The van der Waals surface area contributed by atoms with E-state index in [4.69, 9.17) is 5.73 Å². The molecule has 0 radical (unpaired) electrons. The number of hydrogen-bond acceptors (Lipinski definition) is 4. The number of nitrogens with zero attached hydrogens (tertiary/aromatic N) is 2. The van der Waals surface area contributed by atoms with E-state index < -0.39 is 17.4 Å². The summed E-state index contributed by atoms with van der Waals surface area (Å²) in [4.78, 5) is 25.2. The van der Waals surface area contributed by atoms with Crippen molar-refractivity contribution in [2.75, 3.05) is 12.3 Å². The minimum Gasteiger partial charge on any atom is -0.481 e. The zero-order valence-corrected chi connectivity index (χ0v) is 12.3. The Kier molecular flexibility index (Phi) is 3.62. The first-order valence-electron chi connectivity index (χ1n) is 6.89. The maximum atomic E-state index is 11.8. The predicted molar refractivity (Wildman–Crippen MR) is 77.3 cm³/mol. The molecule has 2 fully saturated rings. The third-order valence-electron chi connectivity index (χ3n) is 4.27. The van der Waals surface area contributed by atoms with Gasteiger partial charge in [0.05, 0.1) is 0 Å². The normalized spacial score (nSPS) is 31.5. The van der Waals surface area contributed by atoms with Gasteiger partial charge < -0.3 is 15.7 Å². The largest absolute Gasteiger partial charge is 0.481 e. The summed E-state index contributed by atoms with van der Waals surface area (Å²) in [6.07, 6.45) is 4.33. The highest BCUT2D eigenvalue weighted by atomic mass is 32.2. The van der Waals surface area contributed by atoms with Crippen LogP contribution in [0.1, 0.15) is 6.42 Å². The fraction of sp³-hybridized carbons (Fsp3) is 0.500. The van der Waals surface area contributed by atoms with Crippen molar-refractivity contribution in [3.8, 4) is 0 Å². The molecule has 0 spiro atoms. The van der Waals surface area contributed by atoms with Gasteiger partial charge in [0.15, 0.2) is 12.4 Å². The number of aromatic nitrogens is 1. The van der Waals surface area contributed by atoms with Crippen molar-refractivity contribution < 1.29 is 19.3 Å². The fourth-order valence-corrected chi connectivity index (χ4v) is 4.37. The van der Waals surface area contributed by atoms with E-state index in [1.54, 1.807) is 4.90 Å². The molecule has 3 rings (SSSR count). The van der Waals surface area contributed by atoms with E-state index in [-0.39, 0.29) is 17.8 Å². The number of thioether (sulfide) groups is 1. The first kappa shape index (κ1) is 14.3. The Bertz CT molecular complexity index is 568. The Labute approximate surface area is 126 Å². The molecular weight excluding hydrogens is 290 g/mol. The average molecular weight is 308 g/mol. The predicted octanol–water partition coefficient (Wildman–Crippen LogP) is -0.322. The first-order valence-corrected chi connectivity index (χ1v) is 7.93. The van der Waals surface area contributed by atoms with E-state index in [1.807, 2.05) is 35.2 Å². The van der Waals surface area contributed by atoms with Crippen molar-refractivity contribution in [3.05, 3.63) is 30.6 Å². The SMILES string of the molecule is NC1C(=O)N2CC(CC[n+]3ccccc3)(C(=O)O)CS[C@H]12. The Morgan fingerprint density at radius 3 is 2.86 bits per heavy atom. The van der Waals surface area contributed by atoms with Gasteiger partial charge in [-0.3, -0.25) is 9.59 Å². The molecule has 0 saturated carbocycles. The number of carboxylic acids is 1. The van der Waals surface area contributed by atoms with E-state index in [1.165, 1.54) is 11.8 Å². The van der Waals surface area contributed by atoms with Crippen LogP contribution < -0.4 is 10.3 Å². The summed E-state index contributed by atoms with van der Waals surface area (Å²) < 4.78 is 1.96. The monoisotopic (exact) mass is 308 g/mol. The van der Waals surface area contributed by atoms with Gasteiger partial charge in [0.1, 0.15) is 23.4 Å².